The summed E-state index contributed by atoms with van der Waals surface area (Å²) in [6.07, 6.45) is 2.16. The Labute approximate surface area is 218 Å². The highest BCUT2D eigenvalue weighted by Gasteiger charge is 2.43. The molecule has 36 heavy (non-hydrogen) atoms. The molecule has 0 unspecified atom stereocenters. The third kappa shape index (κ3) is 4.57. The molecule has 0 spiro atoms. The maximum Gasteiger partial charge on any atom is 0.248 e. The summed E-state index contributed by atoms with van der Waals surface area (Å²) >= 11 is 6.29. The number of pyridine rings is 1. The Hall–Kier alpha value is -3.06. The fraction of sp³-hybridized carbons (Fsp3) is 0.464. The van der Waals surface area contributed by atoms with Crippen LogP contribution in [0.3, 0.4) is 0 Å². The van der Waals surface area contributed by atoms with Gasteiger partial charge >= 0.3 is 0 Å². The first-order chi connectivity index (χ1) is 16.7. The molecule has 1 saturated heterocycles. The molecule has 2 aromatic heterocycles. The molecule has 192 valence electrons. The van der Waals surface area contributed by atoms with Gasteiger partial charge in [0, 0.05) is 54.9 Å². The Morgan fingerprint density at radius 1 is 1.14 bits per heavy atom. The number of aryl methyl sites for hydroxylation is 1. The molecule has 3 heterocycles. The van der Waals surface area contributed by atoms with Gasteiger partial charge in [-0.25, -0.2) is 4.98 Å². The lowest BCUT2D eigenvalue weighted by atomic mass is 9.97. The number of piperazine rings is 1. The molecule has 7 nitrogen and oxygen atoms in total. The van der Waals surface area contributed by atoms with Crippen LogP contribution in [0.25, 0.3) is 22.2 Å². The number of likely N-dealkylation sites (N-methyl/N-ethyl adjacent to an activating group) is 1. The number of carbonyl (C=O) groups is 2. The second-order valence-corrected chi connectivity index (χ2v) is 11.7. The van der Waals surface area contributed by atoms with Gasteiger partial charge in [-0.05, 0) is 76.9 Å². The van der Waals surface area contributed by atoms with Gasteiger partial charge in [0.25, 0.3) is 0 Å². The van der Waals surface area contributed by atoms with Gasteiger partial charge < -0.3 is 19.3 Å². The van der Waals surface area contributed by atoms with E-state index in [1.807, 2.05) is 39.0 Å². The minimum atomic E-state index is -0.833. The summed E-state index contributed by atoms with van der Waals surface area (Å²) < 4.78 is 2.20. The van der Waals surface area contributed by atoms with Crippen LogP contribution < -0.4 is 4.90 Å². The fourth-order valence-corrected chi connectivity index (χ4v) is 4.87. The van der Waals surface area contributed by atoms with Crippen molar-refractivity contribution in [3.05, 3.63) is 47.1 Å². The van der Waals surface area contributed by atoms with Crippen molar-refractivity contribution in [1.29, 1.82) is 0 Å². The van der Waals surface area contributed by atoms with Crippen LogP contribution in [-0.4, -0.2) is 70.4 Å². The van der Waals surface area contributed by atoms with E-state index in [0.717, 1.165) is 38.6 Å². The normalized spacial score (nSPS) is 16.1. The first-order valence-electron chi connectivity index (χ1n) is 12.3. The lowest BCUT2D eigenvalue weighted by Gasteiger charge is -2.46. The zero-order valence-electron chi connectivity index (χ0n) is 22.5. The first-order valence-corrected chi connectivity index (χ1v) is 12.7. The summed E-state index contributed by atoms with van der Waals surface area (Å²) in [6.45, 7) is 13.4. The standard InChI is InChI=1S/C28H36ClN5O2/c1-18-15-19(9-11-22(18)29)21-16-34(27(2,3)4)25-20(21)10-12-23(30-25)33-14-13-32(17-24(35)31(7)8)26(36)28(33,5)6/h9-12,15-16H,13-14,17H2,1-8H3. The van der Waals surface area contributed by atoms with E-state index in [0.29, 0.717) is 13.1 Å². The predicted molar refractivity (Wildman–Crippen MR) is 147 cm³/mol. The first kappa shape index (κ1) is 26.0. The quantitative estimate of drug-likeness (QED) is 0.500. The maximum atomic E-state index is 13.4. The largest absolute Gasteiger partial charge is 0.347 e. The topological polar surface area (TPSA) is 61.7 Å². The van der Waals surface area contributed by atoms with Crippen LogP contribution in [0.1, 0.15) is 40.2 Å². The third-order valence-electron chi connectivity index (χ3n) is 7.01. The van der Waals surface area contributed by atoms with Crippen LogP contribution in [0.4, 0.5) is 5.82 Å². The molecule has 1 aliphatic rings. The highest BCUT2D eigenvalue weighted by molar-refractivity contribution is 6.31. The molecule has 0 N–H and O–H groups in total. The molecule has 1 fully saturated rings. The SMILES string of the molecule is Cc1cc(-c2cn(C(C)(C)C)c3nc(N4CCN(CC(=O)N(C)C)C(=O)C4(C)C)ccc23)ccc1Cl. The molecule has 0 atom stereocenters. The Morgan fingerprint density at radius 2 is 1.83 bits per heavy atom. The van der Waals surface area contributed by atoms with Crippen molar-refractivity contribution in [2.24, 2.45) is 0 Å². The van der Waals surface area contributed by atoms with E-state index in [9.17, 15) is 9.59 Å². The smallest absolute Gasteiger partial charge is 0.248 e. The molecule has 2 amide bonds. The van der Waals surface area contributed by atoms with Gasteiger partial charge in [-0.15, -0.1) is 0 Å². The van der Waals surface area contributed by atoms with Crippen LogP contribution in [0.2, 0.25) is 5.02 Å². The average molecular weight is 510 g/mol. The average Bonchev–Trinajstić information content (AvgIpc) is 3.18. The molecule has 0 aliphatic carbocycles. The molecule has 1 aliphatic heterocycles. The van der Waals surface area contributed by atoms with Gasteiger partial charge in [0.2, 0.25) is 11.8 Å². The van der Waals surface area contributed by atoms with E-state index in [2.05, 4.69) is 48.6 Å². The zero-order chi connectivity index (χ0) is 26.6. The molecule has 1 aromatic carbocycles. The molecule has 3 aromatic rings. The number of fused-ring (bicyclic) bond motifs is 1. The molecular weight excluding hydrogens is 474 g/mol. The monoisotopic (exact) mass is 509 g/mol. The van der Waals surface area contributed by atoms with E-state index >= 15 is 0 Å². The van der Waals surface area contributed by atoms with Crippen molar-refractivity contribution >= 4 is 40.3 Å². The van der Waals surface area contributed by atoms with Crippen molar-refractivity contribution in [3.8, 4) is 11.1 Å². The maximum absolute atomic E-state index is 13.4. The Morgan fingerprint density at radius 3 is 2.44 bits per heavy atom. The molecule has 0 bridgehead atoms. The van der Waals surface area contributed by atoms with E-state index < -0.39 is 5.54 Å². The lowest BCUT2D eigenvalue weighted by molar-refractivity contribution is -0.143. The number of nitrogens with zero attached hydrogens (tertiary/aromatic N) is 5. The predicted octanol–water partition coefficient (Wildman–Crippen LogP) is 4.94. The second kappa shape index (κ2) is 9.11. The van der Waals surface area contributed by atoms with Gasteiger partial charge in [-0.2, -0.15) is 0 Å². The van der Waals surface area contributed by atoms with Crippen molar-refractivity contribution in [2.45, 2.75) is 52.6 Å². The molecule has 0 saturated carbocycles. The number of anilines is 1. The number of aromatic nitrogens is 2. The van der Waals surface area contributed by atoms with E-state index in [1.54, 1.807) is 19.0 Å². The summed E-state index contributed by atoms with van der Waals surface area (Å²) in [4.78, 5) is 36.0. The van der Waals surface area contributed by atoms with E-state index in [4.69, 9.17) is 16.6 Å². The van der Waals surface area contributed by atoms with Crippen LogP contribution in [0.5, 0.6) is 0 Å². The third-order valence-corrected chi connectivity index (χ3v) is 7.43. The number of carbonyl (C=O) groups excluding carboxylic acids is 2. The van der Waals surface area contributed by atoms with Gasteiger partial charge in [-0.1, -0.05) is 17.7 Å². The molecule has 4 rings (SSSR count). The number of benzene rings is 1. The van der Waals surface area contributed by atoms with Gasteiger partial charge in [0.05, 0.1) is 6.54 Å². The lowest BCUT2D eigenvalue weighted by Crippen LogP contribution is -2.64. The van der Waals surface area contributed by atoms with Crippen LogP contribution >= 0.6 is 11.6 Å². The highest BCUT2D eigenvalue weighted by Crippen LogP contribution is 2.37. The summed E-state index contributed by atoms with van der Waals surface area (Å²) in [5.41, 5.74) is 3.06. The Balaban J connectivity index is 1.76. The minimum absolute atomic E-state index is 0.0746. The summed E-state index contributed by atoms with van der Waals surface area (Å²) in [7, 11) is 3.41. The number of rotatable bonds is 4. The summed E-state index contributed by atoms with van der Waals surface area (Å²) in [6, 6.07) is 10.2. The Bertz CT molecular complexity index is 1340. The van der Waals surface area contributed by atoms with Crippen molar-refractivity contribution in [3.63, 3.8) is 0 Å². The summed E-state index contributed by atoms with van der Waals surface area (Å²) in [5.74, 6) is 0.594. The molecule has 0 radical (unpaired) electrons. The second-order valence-electron chi connectivity index (χ2n) is 11.3. The van der Waals surface area contributed by atoms with Crippen LogP contribution in [0, 0.1) is 6.92 Å². The van der Waals surface area contributed by atoms with Crippen molar-refractivity contribution in [2.75, 3.05) is 38.6 Å². The van der Waals surface area contributed by atoms with Gasteiger partial charge in [0.15, 0.2) is 0 Å². The van der Waals surface area contributed by atoms with Crippen LogP contribution in [-0.2, 0) is 15.1 Å². The van der Waals surface area contributed by atoms with Gasteiger partial charge in [0.1, 0.15) is 17.0 Å². The van der Waals surface area contributed by atoms with Crippen molar-refractivity contribution in [1.82, 2.24) is 19.4 Å². The minimum Gasteiger partial charge on any atom is -0.347 e. The highest BCUT2D eigenvalue weighted by atomic mass is 35.5. The molecular formula is C28H36ClN5O2. The van der Waals surface area contributed by atoms with Crippen molar-refractivity contribution < 1.29 is 9.59 Å². The Kier molecular flexibility index (Phi) is 6.58. The number of hydrogen-bond acceptors (Lipinski definition) is 4. The van der Waals surface area contributed by atoms with Gasteiger partial charge in [-0.3, -0.25) is 9.59 Å². The number of halogens is 1. The van der Waals surface area contributed by atoms with Crippen LogP contribution in [0.15, 0.2) is 36.5 Å². The molecule has 8 heteroatoms. The number of hydrogen-bond donors (Lipinski definition) is 0. The zero-order valence-corrected chi connectivity index (χ0v) is 23.3. The van der Waals surface area contributed by atoms with E-state index in [1.165, 1.54) is 4.90 Å². The van der Waals surface area contributed by atoms with E-state index in [-0.39, 0.29) is 23.9 Å². The fourth-order valence-electron chi connectivity index (χ4n) is 4.76. The number of amides is 2. The summed E-state index contributed by atoms with van der Waals surface area (Å²) in [5, 5.41) is 1.80.